The molecule has 5 rings (SSSR count). The van der Waals surface area contributed by atoms with E-state index in [4.69, 9.17) is 4.98 Å². The van der Waals surface area contributed by atoms with Crippen molar-refractivity contribution in [2.45, 2.75) is 63.8 Å². The molecule has 0 saturated carbocycles. The van der Waals surface area contributed by atoms with Crippen molar-refractivity contribution in [2.24, 2.45) is 0 Å². The molecule has 0 radical (unpaired) electrons. The van der Waals surface area contributed by atoms with Gasteiger partial charge >= 0.3 is 6.18 Å². The highest BCUT2D eigenvalue weighted by Crippen LogP contribution is 2.42. The van der Waals surface area contributed by atoms with Crippen molar-refractivity contribution < 1.29 is 17.6 Å². The van der Waals surface area contributed by atoms with E-state index in [1.807, 2.05) is 23.6 Å². The zero-order chi connectivity index (χ0) is 24.9. The average molecular weight is 559 g/mol. The van der Waals surface area contributed by atoms with Gasteiger partial charge in [-0.2, -0.15) is 18.2 Å². The number of likely N-dealkylation sites (tertiary alicyclic amines) is 1. The third kappa shape index (κ3) is 4.83. The van der Waals surface area contributed by atoms with Crippen molar-refractivity contribution >= 4 is 38.6 Å². The lowest BCUT2D eigenvalue weighted by Crippen LogP contribution is -2.60. The molecule has 3 saturated heterocycles. The molecule has 0 amide bonds. The molecule has 0 aliphatic carbocycles. The molecule has 0 spiro atoms. The predicted octanol–water partition coefficient (Wildman–Crippen LogP) is 4.80. The number of anilines is 2. The van der Waals surface area contributed by atoms with Gasteiger partial charge in [0.2, 0.25) is 5.95 Å². The Bertz CT molecular complexity index is 1080. The first kappa shape index (κ1) is 25.0. The van der Waals surface area contributed by atoms with E-state index in [1.165, 1.54) is 25.7 Å². The fourth-order valence-electron chi connectivity index (χ4n) is 5.37. The highest BCUT2D eigenvalue weighted by atomic mass is 79.9. The molecule has 2 atom stereocenters. The van der Waals surface area contributed by atoms with Gasteiger partial charge < -0.3 is 15.1 Å². The van der Waals surface area contributed by atoms with E-state index < -0.39 is 22.0 Å². The lowest BCUT2D eigenvalue weighted by molar-refractivity contribution is -0.138. The molecule has 6 nitrogen and oxygen atoms in total. The maximum atomic E-state index is 15.4. The molecular weight excluding hydrogens is 528 g/mol. The molecule has 0 bridgehead atoms. The van der Waals surface area contributed by atoms with Gasteiger partial charge in [0.25, 0.3) is 0 Å². The Morgan fingerprint density at radius 3 is 2.37 bits per heavy atom. The second-order valence-electron chi connectivity index (χ2n) is 10.1. The molecule has 0 unspecified atom stereocenters. The van der Waals surface area contributed by atoms with E-state index in [9.17, 15) is 13.2 Å². The van der Waals surface area contributed by atoms with E-state index in [0.717, 1.165) is 32.2 Å². The van der Waals surface area contributed by atoms with Crippen LogP contribution in [0.2, 0.25) is 0 Å². The summed E-state index contributed by atoms with van der Waals surface area (Å²) in [5.74, 6) is -0.261. The van der Waals surface area contributed by atoms with Crippen LogP contribution in [0, 0.1) is 5.82 Å². The molecule has 2 aromatic rings. The van der Waals surface area contributed by atoms with Gasteiger partial charge in [0, 0.05) is 49.7 Å². The van der Waals surface area contributed by atoms with Gasteiger partial charge in [-0.15, -0.1) is 0 Å². The molecule has 11 heteroatoms. The third-order valence-corrected chi connectivity index (χ3v) is 8.26. The van der Waals surface area contributed by atoms with Crippen molar-refractivity contribution in [3.05, 3.63) is 21.9 Å². The van der Waals surface area contributed by atoms with Gasteiger partial charge in [0.15, 0.2) is 5.82 Å². The Hall–Kier alpha value is -1.72. The van der Waals surface area contributed by atoms with Crippen LogP contribution in [0.15, 0.2) is 10.5 Å². The molecule has 1 aromatic heterocycles. The van der Waals surface area contributed by atoms with Gasteiger partial charge in [-0.1, -0.05) is 12.8 Å². The molecule has 35 heavy (non-hydrogen) atoms. The van der Waals surface area contributed by atoms with Gasteiger partial charge in [0.1, 0.15) is 11.3 Å². The number of rotatable bonds is 3. The summed E-state index contributed by atoms with van der Waals surface area (Å²) in [5.41, 5.74) is -1.14. The van der Waals surface area contributed by atoms with Crippen LogP contribution >= 0.6 is 15.9 Å². The van der Waals surface area contributed by atoms with E-state index in [-0.39, 0.29) is 23.0 Å². The highest BCUT2D eigenvalue weighted by molar-refractivity contribution is 9.10. The molecule has 192 valence electrons. The monoisotopic (exact) mass is 558 g/mol. The summed E-state index contributed by atoms with van der Waals surface area (Å²) < 4.78 is 55.9. The lowest BCUT2D eigenvalue weighted by atomic mass is 10.1. The zero-order valence-electron chi connectivity index (χ0n) is 20.0. The minimum Gasteiger partial charge on any atom is -0.350 e. The molecule has 3 aliphatic rings. The number of aromatic nitrogens is 2. The topological polar surface area (TPSA) is 47.5 Å². The Kier molecular flexibility index (Phi) is 6.86. The van der Waals surface area contributed by atoms with Crippen molar-refractivity contribution in [3.8, 4) is 0 Å². The van der Waals surface area contributed by atoms with Gasteiger partial charge in [-0.3, -0.25) is 4.90 Å². The van der Waals surface area contributed by atoms with Crippen LogP contribution in [-0.2, 0) is 6.18 Å². The van der Waals surface area contributed by atoms with Crippen LogP contribution in [-0.4, -0.2) is 72.3 Å². The number of fused-ring (bicyclic) bond motifs is 1. The van der Waals surface area contributed by atoms with Crippen molar-refractivity contribution in [3.63, 3.8) is 0 Å². The van der Waals surface area contributed by atoms with Crippen molar-refractivity contribution in [1.82, 2.24) is 20.2 Å². The summed E-state index contributed by atoms with van der Waals surface area (Å²) in [6.07, 6.45) is 0.225. The zero-order valence-corrected chi connectivity index (χ0v) is 21.6. The first-order valence-corrected chi connectivity index (χ1v) is 13.2. The van der Waals surface area contributed by atoms with Crippen LogP contribution in [0.5, 0.6) is 0 Å². The quantitative estimate of drug-likeness (QED) is 0.546. The molecule has 1 N–H and O–H groups in total. The fraction of sp³-hybridized carbons (Fsp3) is 0.667. The Morgan fingerprint density at radius 2 is 1.71 bits per heavy atom. The maximum Gasteiger partial charge on any atom is 0.417 e. The Labute approximate surface area is 211 Å². The van der Waals surface area contributed by atoms with E-state index >= 15 is 4.39 Å². The summed E-state index contributed by atoms with van der Waals surface area (Å²) >= 11 is 2.84. The predicted molar refractivity (Wildman–Crippen MR) is 133 cm³/mol. The Morgan fingerprint density at radius 1 is 1.03 bits per heavy atom. The van der Waals surface area contributed by atoms with E-state index in [1.54, 1.807) is 0 Å². The minimum atomic E-state index is -4.70. The largest absolute Gasteiger partial charge is 0.417 e. The van der Waals surface area contributed by atoms with Crippen LogP contribution in [0.1, 0.15) is 45.1 Å². The number of nitrogens with one attached hydrogen (secondary N) is 1. The molecule has 3 fully saturated rings. The van der Waals surface area contributed by atoms with Gasteiger partial charge in [0.05, 0.1) is 10.0 Å². The number of nitrogens with zero attached hydrogens (tertiary/aromatic N) is 5. The van der Waals surface area contributed by atoms with Gasteiger partial charge in [-0.25, -0.2) is 9.37 Å². The average Bonchev–Trinajstić information content (AvgIpc) is 3.05. The summed E-state index contributed by atoms with van der Waals surface area (Å²) in [6.45, 7) is 8.87. The Balaban J connectivity index is 1.55. The number of hydrogen-bond acceptors (Lipinski definition) is 6. The van der Waals surface area contributed by atoms with Crippen molar-refractivity contribution in [2.75, 3.05) is 49.1 Å². The molecular formula is C24H31BrF4N6. The summed E-state index contributed by atoms with van der Waals surface area (Å²) in [7, 11) is 0. The van der Waals surface area contributed by atoms with Crippen LogP contribution < -0.4 is 15.1 Å². The summed E-state index contributed by atoms with van der Waals surface area (Å²) in [5, 5.41) is 3.47. The van der Waals surface area contributed by atoms with Crippen LogP contribution in [0.4, 0.5) is 29.3 Å². The fourth-order valence-corrected chi connectivity index (χ4v) is 5.90. The lowest BCUT2D eigenvalue weighted by Gasteiger charge is -2.45. The smallest absolute Gasteiger partial charge is 0.350 e. The van der Waals surface area contributed by atoms with E-state index in [0.29, 0.717) is 30.9 Å². The number of piperazine rings is 1. The minimum absolute atomic E-state index is 0.0144. The van der Waals surface area contributed by atoms with Crippen molar-refractivity contribution in [1.29, 1.82) is 0 Å². The number of hydrogen-bond donors (Lipinski definition) is 1. The number of alkyl halides is 3. The van der Waals surface area contributed by atoms with Crippen LogP contribution in [0.3, 0.4) is 0 Å². The maximum absolute atomic E-state index is 15.4. The number of benzene rings is 1. The molecule has 1 aromatic carbocycles. The third-order valence-electron chi connectivity index (χ3n) is 7.48. The first-order valence-electron chi connectivity index (χ1n) is 12.4. The number of halogens is 5. The second kappa shape index (κ2) is 9.63. The van der Waals surface area contributed by atoms with Crippen LogP contribution in [0.25, 0.3) is 10.9 Å². The summed E-state index contributed by atoms with van der Waals surface area (Å²) in [4.78, 5) is 15.7. The van der Waals surface area contributed by atoms with E-state index in [2.05, 4.69) is 31.1 Å². The second-order valence-corrected chi connectivity index (χ2v) is 10.9. The highest BCUT2D eigenvalue weighted by Gasteiger charge is 2.38. The summed E-state index contributed by atoms with van der Waals surface area (Å²) in [6, 6.07) is 1.49. The molecule has 4 heterocycles. The molecule has 3 aliphatic heterocycles. The van der Waals surface area contributed by atoms with Gasteiger partial charge in [-0.05, 0) is 61.8 Å². The normalized spacial score (nSPS) is 25.1. The first-order chi connectivity index (χ1) is 16.6. The SMILES string of the molecule is C[C@@H]1CN(c2nc(N3CC(N4CCCCCC4)C3)nc3c(F)c(Br)c(C(F)(F)F)cc23)[C@@H](C)CN1. The standard InChI is InChI=1S/C24H31BrF4N6/c1-14-11-35(15(2)10-30-14)22-17-9-18(24(27,28)29)19(25)20(26)21(17)31-23(32-22)34-12-16(13-34)33-7-5-3-4-6-8-33/h9,14-16,30H,3-8,10-13H2,1-2H3/t14-,15+/m1/s1.